The average Bonchev–Trinajstić information content (AvgIpc) is 2.89. The highest BCUT2D eigenvalue weighted by Crippen LogP contribution is 2.22. The van der Waals surface area contributed by atoms with Gasteiger partial charge in [-0.1, -0.05) is 48.5 Å². The predicted octanol–water partition coefficient (Wildman–Crippen LogP) is 4.58. The molecule has 1 aromatic heterocycles. The van der Waals surface area contributed by atoms with Crippen molar-refractivity contribution in [3.63, 3.8) is 0 Å². The van der Waals surface area contributed by atoms with Crippen LogP contribution in [0.5, 0.6) is 11.5 Å². The molecule has 7 heteroatoms. The summed E-state index contributed by atoms with van der Waals surface area (Å²) in [7, 11) is 0. The van der Waals surface area contributed by atoms with E-state index in [1.807, 2.05) is 30.3 Å². The van der Waals surface area contributed by atoms with Crippen LogP contribution >= 0.6 is 0 Å². The molecule has 0 aliphatic carbocycles. The Kier molecular flexibility index (Phi) is 5.96. The standard InChI is InChI=1S/C28H21N3O4/c32-26(29-20-15-17-23(18-16-20)35-22-11-5-2-6-12-22)19-30-25-14-8-7-13-24(25)27(33)31(28(30)34)21-9-3-1-4-10-21/h1-18H,19H2,(H,29,32). The van der Waals surface area contributed by atoms with Crippen molar-refractivity contribution in [3.8, 4) is 17.2 Å². The van der Waals surface area contributed by atoms with Gasteiger partial charge in [-0.05, 0) is 60.7 Å². The number of nitrogens with one attached hydrogen (secondary N) is 1. The van der Waals surface area contributed by atoms with Gasteiger partial charge in [0.1, 0.15) is 18.0 Å². The fourth-order valence-corrected chi connectivity index (χ4v) is 3.85. The Morgan fingerprint density at radius 3 is 2.03 bits per heavy atom. The maximum atomic E-state index is 13.3. The predicted molar refractivity (Wildman–Crippen MR) is 135 cm³/mol. The number of hydrogen-bond donors (Lipinski definition) is 1. The van der Waals surface area contributed by atoms with Crippen LogP contribution in [-0.4, -0.2) is 15.0 Å². The Labute approximate surface area is 200 Å². The highest BCUT2D eigenvalue weighted by molar-refractivity contribution is 5.91. The third-order valence-electron chi connectivity index (χ3n) is 5.48. The molecule has 1 amide bonds. The van der Waals surface area contributed by atoms with Gasteiger partial charge < -0.3 is 10.1 Å². The Balaban J connectivity index is 1.42. The largest absolute Gasteiger partial charge is 0.457 e. The third kappa shape index (κ3) is 4.60. The molecule has 1 N–H and O–H groups in total. The van der Waals surface area contributed by atoms with Gasteiger partial charge in [0.05, 0.1) is 16.6 Å². The molecular formula is C28H21N3O4. The van der Waals surface area contributed by atoms with Crippen LogP contribution in [0.3, 0.4) is 0 Å². The number of hydrogen-bond acceptors (Lipinski definition) is 4. The summed E-state index contributed by atoms with van der Waals surface area (Å²) in [6.45, 7) is -0.255. The van der Waals surface area contributed by atoms with Gasteiger partial charge in [-0.2, -0.15) is 0 Å². The summed E-state index contributed by atoms with van der Waals surface area (Å²) in [6.07, 6.45) is 0. The Morgan fingerprint density at radius 1 is 0.714 bits per heavy atom. The van der Waals surface area contributed by atoms with Gasteiger partial charge >= 0.3 is 5.69 Å². The lowest BCUT2D eigenvalue weighted by atomic mass is 10.2. The number of aromatic nitrogens is 2. The third-order valence-corrected chi connectivity index (χ3v) is 5.48. The van der Waals surface area contributed by atoms with E-state index < -0.39 is 17.2 Å². The molecule has 1 heterocycles. The number of fused-ring (bicyclic) bond motifs is 1. The zero-order chi connectivity index (χ0) is 24.2. The van der Waals surface area contributed by atoms with E-state index in [1.165, 1.54) is 4.57 Å². The van der Waals surface area contributed by atoms with Crippen molar-refractivity contribution in [2.75, 3.05) is 5.32 Å². The molecule has 0 unspecified atom stereocenters. The van der Waals surface area contributed by atoms with Crippen molar-refractivity contribution in [2.45, 2.75) is 6.54 Å². The summed E-state index contributed by atoms with van der Waals surface area (Å²) in [5.74, 6) is 0.947. The number of carbonyl (C=O) groups is 1. The average molecular weight is 463 g/mol. The molecule has 7 nitrogen and oxygen atoms in total. The molecule has 0 atom stereocenters. The monoisotopic (exact) mass is 463 g/mol. The van der Waals surface area contributed by atoms with E-state index in [4.69, 9.17) is 4.74 Å². The first kappa shape index (κ1) is 21.9. The summed E-state index contributed by atoms with van der Waals surface area (Å²) in [5.41, 5.74) is 0.390. The molecular weight excluding hydrogens is 442 g/mol. The normalized spacial score (nSPS) is 10.7. The zero-order valence-electron chi connectivity index (χ0n) is 18.6. The fraction of sp³-hybridized carbons (Fsp3) is 0.0357. The van der Waals surface area contributed by atoms with Crippen LogP contribution in [0.15, 0.2) is 119 Å². The van der Waals surface area contributed by atoms with Gasteiger partial charge in [0.15, 0.2) is 0 Å². The molecule has 0 aliphatic rings. The van der Waals surface area contributed by atoms with Gasteiger partial charge in [0, 0.05) is 5.69 Å². The summed E-state index contributed by atoms with van der Waals surface area (Å²) in [5, 5.41) is 3.16. The van der Waals surface area contributed by atoms with Crippen molar-refractivity contribution in [1.29, 1.82) is 0 Å². The first-order valence-corrected chi connectivity index (χ1v) is 11.0. The molecule has 5 rings (SSSR count). The molecule has 0 bridgehead atoms. The van der Waals surface area contributed by atoms with Gasteiger partial charge in [0.2, 0.25) is 5.91 Å². The molecule has 0 aliphatic heterocycles. The molecule has 172 valence electrons. The van der Waals surface area contributed by atoms with E-state index in [2.05, 4.69) is 5.32 Å². The first-order valence-electron chi connectivity index (χ1n) is 11.0. The second-order valence-electron chi connectivity index (χ2n) is 7.85. The quantitative estimate of drug-likeness (QED) is 0.400. The lowest BCUT2D eigenvalue weighted by Gasteiger charge is -2.14. The lowest BCUT2D eigenvalue weighted by molar-refractivity contribution is -0.116. The minimum Gasteiger partial charge on any atom is -0.457 e. The molecule has 0 spiro atoms. The van der Waals surface area contributed by atoms with Crippen LogP contribution in [0.2, 0.25) is 0 Å². The molecule has 0 radical (unpaired) electrons. The molecule has 0 saturated carbocycles. The van der Waals surface area contributed by atoms with Crippen LogP contribution in [0.1, 0.15) is 0 Å². The molecule has 0 saturated heterocycles. The van der Waals surface area contributed by atoms with Gasteiger partial charge in [-0.25, -0.2) is 9.36 Å². The minimum atomic E-state index is -0.582. The van der Waals surface area contributed by atoms with E-state index in [0.717, 1.165) is 4.57 Å². The number of para-hydroxylation sites is 3. The number of carbonyl (C=O) groups excluding carboxylic acids is 1. The topological polar surface area (TPSA) is 82.3 Å². The summed E-state index contributed by atoms with van der Waals surface area (Å²) >= 11 is 0. The molecule has 4 aromatic carbocycles. The summed E-state index contributed by atoms with van der Waals surface area (Å²) < 4.78 is 8.17. The molecule has 5 aromatic rings. The second-order valence-corrected chi connectivity index (χ2v) is 7.85. The minimum absolute atomic E-state index is 0.255. The van der Waals surface area contributed by atoms with Crippen molar-refractivity contribution in [3.05, 3.63) is 130 Å². The summed E-state index contributed by atoms with van der Waals surface area (Å²) in [6, 6.07) is 31.8. The van der Waals surface area contributed by atoms with E-state index >= 15 is 0 Å². The van der Waals surface area contributed by atoms with E-state index in [9.17, 15) is 14.4 Å². The summed E-state index contributed by atoms with van der Waals surface area (Å²) in [4.78, 5) is 39.3. The van der Waals surface area contributed by atoms with Crippen molar-refractivity contribution in [2.24, 2.45) is 0 Å². The molecule has 35 heavy (non-hydrogen) atoms. The smallest absolute Gasteiger partial charge is 0.336 e. The van der Waals surface area contributed by atoms with Crippen LogP contribution in [0.25, 0.3) is 16.6 Å². The number of benzene rings is 4. The van der Waals surface area contributed by atoms with Crippen molar-refractivity contribution >= 4 is 22.5 Å². The number of anilines is 1. The van der Waals surface area contributed by atoms with Gasteiger partial charge in [-0.3, -0.25) is 14.2 Å². The van der Waals surface area contributed by atoms with Crippen LogP contribution in [0, 0.1) is 0 Å². The maximum Gasteiger partial charge on any atom is 0.336 e. The zero-order valence-corrected chi connectivity index (χ0v) is 18.6. The highest BCUT2D eigenvalue weighted by atomic mass is 16.5. The first-order chi connectivity index (χ1) is 17.1. The SMILES string of the molecule is O=C(Cn1c(=O)n(-c2ccccc2)c(=O)c2ccccc21)Nc1ccc(Oc2ccccc2)cc1. The Bertz CT molecular complexity index is 1610. The van der Waals surface area contributed by atoms with Crippen LogP contribution in [-0.2, 0) is 11.3 Å². The Hall–Kier alpha value is -4.91. The fourth-order valence-electron chi connectivity index (χ4n) is 3.85. The van der Waals surface area contributed by atoms with Gasteiger partial charge in [-0.15, -0.1) is 0 Å². The number of ether oxygens (including phenoxy) is 1. The van der Waals surface area contributed by atoms with Gasteiger partial charge in [0.25, 0.3) is 5.56 Å². The van der Waals surface area contributed by atoms with Crippen molar-refractivity contribution < 1.29 is 9.53 Å². The second kappa shape index (κ2) is 9.52. The lowest BCUT2D eigenvalue weighted by Crippen LogP contribution is -2.40. The van der Waals surface area contributed by atoms with E-state index in [0.29, 0.717) is 33.8 Å². The van der Waals surface area contributed by atoms with Crippen LogP contribution < -0.4 is 21.3 Å². The molecule has 0 fully saturated rings. The Morgan fingerprint density at radius 2 is 1.31 bits per heavy atom. The maximum absolute atomic E-state index is 13.3. The highest BCUT2D eigenvalue weighted by Gasteiger charge is 2.16. The number of amides is 1. The number of rotatable bonds is 6. The van der Waals surface area contributed by atoms with E-state index in [-0.39, 0.29) is 6.54 Å². The van der Waals surface area contributed by atoms with Crippen molar-refractivity contribution in [1.82, 2.24) is 9.13 Å². The van der Waals surface area contributed by atoms with Crippen LogP contribution in [0.4, 0.5) is 5.69 Å². The number of nitrogens with zero attached hydrogens (tertiary/aromatic N) is 2. The van der Waals surface area contributed by atoms with E-state index in [1.54, 1.807) is 78.9 Å².